The number of hydrogen-bond acceptors (Lipinski definition) is 2. The molecule has 2 N–H and O–H groups in total. The lowest BCUT2D eigenvalue weighted by atomic mass is 10.2. The van der Waals surface area contributed by atoms with Gasteiger partial charge in [0, 0.05) is 11.1 Å². The summed E-state index contributed by atoms with van der Waals surface area (Å²) in [6, 6.07) is 4.08. The van der Waals surface area contributed by atoms with Gasteiger partial charge in [-0.05, 0) is 41.1 Å². The van der Waals surface area contributed by atoms with E-state index < -0.39 is 5.82 Å². The molecule has 0 radical (unpaired) electrons. The van der Waals surface area contributed by atoms with Crippen LogP contribution in [0.4, 0.5) is 10.2 Å². The molecule has 1 heterocycles. The summed E-state index contributed by atoms with van der Waals surface area (Å²) in [5.74, 6) is -0.187. The van der Waals surface area contributed by atoms with E-state index in [1.165, 1.54) is 18.2 Å². The maximum atomic E-state index is 13.0. The quantitative estimate of drug-likeness (QED) is 0.895. The Balaban J connectivity index is 2.20. The Morgan fingerprint density at radius 1 is 1.53 bits per heavy atom. The Hall–Kier alpha value is -1.69. The number of carbonyl (C=O) groups is 1. The van der Waals surface area contributed by atoms with E-state index in [4.69, 9.17) is 0 Å². The fourth-order valence-corrected chi connectivity index (χ4v) is 1.67. The van der Waals surface area contributed by atoms with Crippen LogP contribution in [0.1, 0.15) is 15.9 Å². The largest absolute Gasteiger partial charge is 0.307 e. The van der Waals surface area contributed by atoms with Crippen LogP contribution < -0.4 is 5.32 Å². The molecular formula is C11H9BrFN3O. The van der Waals surface area contributed by atoms with Gasteiger partial charge in [-0.2, -0.15) is 5.10 Å². The Labute approximate surface area is 105 Å². The first-order valence-electron chi connectivity index (χ1n) is 4.84. The van der Waals surface area contributed by atoms with E-state index in [0.29, 0.717) is 11.4 Å². The molecule has 0 aliphatic carbocycles. The minimum Gasteiger partial charge on any atom is -0.307 e. The van der Waals surface area contributed by atoms with Gasteiger partial charge in [-0.15, -0.1) is 0 Å². The molecule has 0 fully saturated rings. The molecule has 0 aliphatic heterocycles. The predicted molar refractivity (Wildman–Crippen MR) is 65.4 cm³/mol. The summed E-state index contributed by atoms with van der Waals surface area (Å²) in [7, 11) is 0. The smallest absolute Gasteiger partial charge is 0.256 e. The Morgan fingerprint density at radius 3 is 2.88 bits per heavy atom. The molecule has 4 nitrogen and oxygen atoms in total. The number of aryl methyl sites for hydroxylation is 1. The number of H-pyrrole nitrogens is 1. The molecule has 0 spiro atoms. The highest BCUT2D eigenvalue weighted by Crippen LogP contribution is 2.18. The van der Waals surface area contributed by atoms with Gasteiger partial charge in [0.2, 0.25) is 0 Å². The number of aromatic amines is 1. The van der Waals surface area contributed by atoms with E-state index >= 15 is 0 Å². The van der Waals surface area contributed by atoms with Crippen molar-refractivity contribution in [3.05, 3.63) is 45.8 Å². The van der Waals surface area contributed by atoms with E-state index in [1.807, 2.05) is 6.92 Å². The number of hydrogen-bond donors (Lipinski definition) is 2. The van der Waals surface area contributed by atoms with Crippen molar-refractivity contribution in [3.8, 4) is 0 Å². The van der Waals surface area contributed by atoms with Crippen molar-refractivity contribution >= 4 is 27.7 Å². The zero-order chi connectivity index (χ0) is 12.4. The summed E-state index contributed by atoms with van der Waals surface area (Å²) in [6.45, 7) is 1.82. The lowest BCUT2D eigenvalue weighted by Gasteiger charge is -2.04. The fraction of sp³-hybridized carbons (Fsp3) is 0.0909. The van der Waals surface area contributed by atoms with Crippen LogP contribution in [0.15, 0.2) is 28.9 Å². The number of benzene rings is 1. The van der Waals surface area contributed by atoms with Gasteiger partial charge < -0.3 is 5.32 Å². The third-order valence-electron chi connectivity index (χ3n) is 2.25. The van der Waals surface area contributed by atoms with Gasteiger partial charge in [-0.25, -0.2) is 4.39 Å². The van der Waals surface area contributed by atoms with Crippen molar-refractivity contribution in [2.45, 2.75) is 6.92 Å². The standard InChI is InChI=1S/C11H9BrFN3O/c1-6-5-14-16-10(6)15-11(17)7-2-3-9(13)8(12)4-7/h2-5H,1H3,(H2,14,15,16,17). The molecule has 0 saturated carbocycles. The Bertz CT molecular complexity index is 568. The number of rotatable bonds is 2. The van der Waals surface area contributed by atoms with Crippen molar-refractivity contribution in [2.75, 3.05) is 5.32 Å². The fourth-order valence-electron chi connectivity index (χ4n) is 1.30. The molecule has 1 aromatic heterocycles. The van der Waals surface area contributed by atoms with Crippen molar-refractivity contribution in [2.24, 2.45) is 0 Å². The van der Waals surface area contributed by atoms with Gasteiger partial charge >= 0.3 is 0 Å². The Kier molecular flexibility index (Phi) is 3.23. The number of nitrogens with one attached hydrogen (secondary N) is 2. The summed E-state index contributed by atoms with van der Waals surface area (Å²) in [4.78, 5) is 11.8. The second-order valence-corrected chi connectivity index (χ2v) is 4.37. The van der Waals surface area contributed by atoms with Crippen molar-refractivity contribution < 1.29 is 9.18 Å². The zero-order valence-corrected chi connectivity index (χ0v) is 10.5. The topological polar surface area (TPSA) is 57.8 Å². The summed E-state index contributed by atoms with van der Waals surface area (Å²) in [5.41, 5.74) is 1.20. The molecule has 0 saturated heterocycles. The number of aromatic nitrogens is 2. The highest BCUT2D eigenvalue weighted by molar-refractivity contribution is 9.10. The summed E-state index contributed by atoms with van der Waals surface area (Å²) in [5, 5.41) is 9.11. The third kappa shape index (κ3) is 2.52. The molecule has 1 amide bonds. The zero-order valence-electron chi connectivity index (χ0n) is 8.92. The molecule has 1 aromatic carbocycles. The first-order chi connectivity index (χ1) is 8.08. The Morgan fingerprint density at radius 2 is 2.29 bits per heavy atom. The molecular weight excluding hydrogens is 289 g/mol. The summed E-state index contributed by atoms with van der Waals surface area (Å²) < 4.78 is 13.3. The SMILES string of the molecule is Cc1cn[nH]c1NC(=O)c1ccc(F)c(Br)c1. The van der Waals surface area contributed by atoms with Crippen LogP contribution in [0.3, 0.4) is 0 Å². The van der Waals surface area contributed by atoms with E-state index in [-0.39, 0.29) is 10.4 Å². The molecule has 88 valence electrons. The minimum atomic E-state index is -0.403. The molecule has 2 rings (SSSR count). The number of amides is 1. The molecule has 0 aliphatic rings. The molecule has 2 aromatic rings. The highest BCUT2D eigenvalue weighted by atomic mass is 79.9. The lowest BCUT2D eigenvalue weighted by Crippen LogP contribution is -2.13. The van der Waals surface area contributed by atoms with Crippen LogP contribution in [0, 0.1) is 12.7 Å². The third-order valence-corrected chi connectivity index (χ3v) is 2.86. The van der Waals surface area contributed by atoms with E-state index in [1.54, 1.807) is 6.20 Å². The number of anilines is 1. The van der Waals surface area contributed by atoms with Crippen LogP contribution in [-0.4, -0.2) is 16.1 Å². The van der Waals surface area contributed by atoms with Crippen molar-refractivity contribution in [1.29, 1.82) is 0 Å². The van der Waals surface area contributed by atoms with Crippen LogP contribution >= 0.6 is 15.9 Å². The lowest BCUT2D eigenvalue weighted by molar-refractivity contribution is 0.102. The maximum Gasteiger partial charge on any atom is 0.256 e. The minimum absolute atomic E-state index is 0.256. The second kappa shape index (κ2) is 4.67. The average molecular weight is 298 g/mol. The van der Waals surface area contributed by atoms with Gasteiger partial charge in [-0.3, -0.25) is 9.89 Å². The first-order valence-corrected chi connectivity index (χ1v) is 5.63. The van der Waals surface area contributed by atoms with Crippen LogP contribution in [0.25, 0.3) is 0 Å². The van der Waals surface area contributed by atoms with Gasteiger partial charge in [0.25, 0.3) is 5.91 Å². The second-order valence-electron chi connectivity index (χ2n) is 3.51. The van der Waals surface area contributed by atoms with Crippen molar-refractivity contribution in [3.63, 3.8) is 0 Å². The van der Waals surface area contributed by atoms with Gasteiger partial charge in [0.05, 0.1) is 10.7 Å². The monoisotopic (exact) mass is 297 g/mol. The van der Waals surface area contributed by atoms with Crippen molar-refractivity contribution in [1.82, 2.24) is 10.2 Å². The normalized spacial score (nSPS) is 10.3. The van der Waals surface area contributed by atoms with Crippen LogP contribution in [0.2, 0.25) is 0 Å². The molecule has 17 heavy (non-hydrogen) atoms. The average Bonchev–Trinajstić information content (AvgIpc) is 2.68. The van der Waals surface area contributed by atoms with E-state index in [2.05, 4.69) is 31.4 Å². The highest BCUT2D eigenvalue weighted by Gasteiger charge is 2.10. The molecule has 0 atom stereocenters. The molecule has 6 heteroatoms. The number of carbonyl (C=O) groups excluding carboxylic acids is 1. The van der Waals surface area contributed by atoms with Gasteiger partial charge in [0.15, 0.2) is 0 Å². The van der Waals surface area contributed by atoms with Gasteiger partial charge in [-0.1, -0.05) is 0 Å². The summed E-state index contributed by atoms with van der Waals surface area (Å²) >= 11 is 3.03. The van der Waals surface area contributed by atoms with Gasteiger partial charge in [0.1, 0.15) is 11.6 Å². The predicted octanol–water partition coefficient (Wildman–Crippen LogP) is 2.87. The van der Waals surface area contributed by atoms with Crippen LogP contribution in [0.5, 0.6) is 0 Å². The molecule has 0 bridgehead atoms. The first kappa shape index (κ1) is 11.8. The van der Waals surface area contributed by atoms with E-state index in [0.717, 1.165) is 5.56 Å². The molecule has 0 unspecified atom stereocenters. The maximum absolute atomic E-state index is 13.0. The van der Waals surface area contributed by atoms with E-state index in [9.17, 15) is 9.18 Å². The summed E-state index contributed by atoms with van der Waals surface area (Å²) in [6.07, 6.45) is 1.61. The number of nitrogens with zero attached hydrogens (tertiary/aromatic N) is 1. The van der Waals surface area contributed by atoms with Crippen LogP contribution in [-0.2, 0) is 0 Å². The number of halogens is 2.